The highest BCUT2D eigenvalue weighted by molar-refractivity contribution is 5.69. The summed E-state index contributed by atoms with van der Waals surface area (Å²) in [5, 5.41) is 3.02. The van der Waals surface area contributed by atoms with E-state index in [1.807, 2.05) is 7.05 Å². The number of hydrogen-bond acceptors (Lipinski definition) is 8. The predicted molar refractivity (Wildman–Crippen MR) is 149 cm³/mol. The molecule has 0 unspecified atom stereocenters. The standard InChI is InChI=1S/C29H59NO7/c1-3-4-5-6-7-8-9-10-11-12-13-14-15-16-29(31)37-28-27-36-26-25-35-24-23-34-22-21-33-20-19-32-18-17-30-2/h30H,3-28H2,1-2H3. The average molecular weight is 534 g/mol. The first-order valence-electron chi connectivity index (χ1n) is 15.0. The third-order valence-electron chi connectivity index (χ3n) is 5.96. The summed E-state index contributed by atoms with van der Waals surface area (Å²) in [5.41, 5.74) is 0. The van der Waals surface area contributed by atoms with E-state index in [9.17, 15) is 4.79 Å². The molecular formula is C29H59NO7. The smallest absolute Gasteiger partial charge is 0.305 e. The first-order chi connectivity index (χ1) is 18.3. The van der Waals surface area contributed by atoms with Gasteiger partial charge in [0.25, 0.3) is 0 Å². The molecule has 0 radical (unpaired) electrons. The van der Waals surface area contributed by atoms with Gasteiger partial charge in [-0.3, -0.25) is 4.79 Å². The Morgan fingerprint density at radius 1 is 0.486 bits per heavy atom. The molecular weight excluding hydrogens is 474 g/mol. The molecule has 222 valence electrons. The van der Waals surface area contributed by atoms with Crippen LogP contribution in [0.5, 0.6) is 0 Å². The van der Waals surface area contributed by atoms with Gasteiger partial charge in [0.15, 0.2) is 0 Å². The minimum absolute atomic E-state index is 0.120. The van der Waals surface area contributed by atoms with Crippen molar-refractivity contribution in [2.75, 3.05) is 86.3 Å². The van der Waals surface area contributed by atoms with Crippen molar-refractivity contribution in [2.24, 2.45) is 0 Å². The zero-order chi connectivity index (χ0) is 26.9. The zero-order valence-electron chi connectivity index (χ0n) is 24.2. The molecule has 8 heteroatoms. The van der Waals surface area contributed by atoms with Crippen LogP contribution in [-0.4, -0.2) is 92.2 Å². The molecule has 0 heterocycles. The Morgan fingerprint density at radius 2 is 0.838 bits per heavy atom. The summed E-state index contributed by atoms with van der Waals surface area (Å²) < 4.78 is 32.3. The third kappa shape index (κ3) is 33.2. The van der Waals surface area contributed by atoms with Crippen LogP contribution in [0.25, 0.3) is 0 Å². The van der Waals surface area contributed by atoms with Crippen LogP contribution >= 0.6 is 0 Å². The Morgan fingerprint density at radius 3 is 1.24 bits per heavy atom. The summed E-state index contributed by atoms with van der Waals surface area (Å²) in [6.45, 7) is 8.82. The van der Waals surface area contributed by atoms with Gasteiger partial charge in [0, 0.05) is 13.0 Å². The SMILES string of the molecule is CCCCCCCCCCCCCCCC(=O)OCCOCCOCCOCCOCCOCCNC. The van der Waals surface area contributed by atoms with Crippen molar-refractivity contribution in [3.05, 3.63) is 0 Å². The number of hydrogen-bond donors (Lipinski definition) is 1. The lowest BCUT2D eigenvalue weighted by atomic mass is 10.0. The zero-order valence-corrected chi connectivity index (χ0v) is 24.2. The summed E-state index contributed by atoms with van der Waals surface area (Å²) in [5.74, 6) is -0.120. The molecule has 8 nitrogen and oxygen atoms in total. The molecule has 0 aliphatic rings. The molecule has 0 saturated heterocycles. The van der Waals surface area contributed by atoms with Gasteiger partial charge < -0.3 is 33.7 Å². The van der Waals surface area contributed by atoms with E-state index in [2.05, 4.69) is 12.2 Å². The van der Waals surface area contributed by atoms with E-state index in [1.165, 1.54) is 70.6 Å². The Labute approximate surface area is 227 Å². The fraction of sp³-hybridized carbons (Fsp3) is 0.966. The van der Waals surface area contributed by atoms with Gasteiger partial charge in [-0.05, 0) is 13.5 Å². The van der Waals surface area contributed by atoms with E-state index in [0.29, 0.717) is 79.1 Å². The van der Waals surface area contributed by atoms with Crippen molar-refractivity contribution < 1.29 is 33.2 Å². The van der Waals surface area contributed by atoms with E-state index in [1.54, 1.807) is 0 Å². The van der Waals surface area contributed by atoms with Crippen molar-refractivity contribution in [1.29, 1.82) is 0 Å². The average Bonchev–Trinajstić information content (AvgIpc) is 2.90. The Bertz CT molecular complexity index is 440. The first-order valence-corrected chi connectivity index (χ1v) is 15.0. The van der Waals surface area contributed by atoms with Gasteiger partial charge in [-0.15, -0.1) is 0 Å². The van der Waals surface area contributed by atoms with E-state index in [0.717, 1.165) is 19.4 Å². The highest BCUT2D eigenvalue weighted by Gasteiger charge is 2.03. The summed E-state index contributed by atoms with van der Waals surface area (Å²) in [6, 6.07) is 0. The van der Waals surface area contributed by atoms with E-state index < -0.39 is 0 Å². The molecule has 0 amide bonds. The molecule has 0 spiro atoms. The fourth-order valence-corrected chi connectivity index (χ4v) is 3.73. The second-order valence-electron chi connectivity index (χ2n) is 9.38. The highest BCUT2D eigenvalue weighted by atomic mass is 16.6. The maximum absolute atomic E-state index is 11.8. The van der Waals surface area contributed by atoms with Crippen LogP contribution in [0.4, 0.5) is 0 Å². The summed E-state index contributed by atoms with van der Waals surface area (Å²) in [7, 11) is 1.90. The van der Waals surface area contributed by atoms with Crippen molar-refractivity contribution >= 4 is 5.97 Å². The highest BCUT2D eigenvalue weighted by Crippen LogP contribution is 2.13. The number of ether oxygens (including phenoxy) is 6. The predicted octanol–water partition coefficient (Wildman–Crippen LogP) is 5.31. The van der Waals surface area contributed by atoms with Gasteiger partial charge in [-0.1, -0.05) is 84.0 Å². The molecule has 0 rings (SSSR count). The second-order valence-corrected chi connectivity index (χ2v) is 9.38. The molecule has 0 fully saturated rings. The van der Waals surface area contributed by atoms with Crippen molar-refractivity contribution in [3.63, 3.8) is 0 Å². The van der Waals surface area contributed by atoms with Crippen LogP contribution in [0.1, 0.15) is 96.8 Å². The van der Waals surface area contributed by atoms with Gasteiger partial charge in [0.2, 0.25) is 0 Å². The molecule has 0 aliphatic carbocycles. The lowest BCUT2D eigenvalue weighted by Crippen LogP contribution is -2.17. The van der Waals surface area contributed by atoms with Gasteiger partial charge in [-0.25, -0.2) is 0 Å². The topological polar surface area (TPSA) is 84.5 Å². The van der Waals surface area contributed by atoms with Crippen LogP contribution in [0, 0.1) is 0 Å². The van der Waals surface area contributed by atoms with Crippen molar-refractivity contribution in [3.8, 4) is 0 Å². The van der Waals surface area contributed by atoms with Crippen LogP contribution < -0.4 is 5.32 Å². The maximum Gasteiger partial charge on any atom is 0.305 e. The number of nitrogens with one attached hydrogen (secondary N) is 1. The fourth-order valence-electron chi connectivity index (χ4n) is 3.73. The lowest BCUT2D eigenvalue weighted by molar-refractivity contribution is -0.145. The number of esters is 1. The molecule has 1 N–H and O–H groups in total. The molecule has 0 bridgehead atoms. The lowest BCUT2D eigenvalue weighted by Gasteiger charge is -2.08. The van der Waals surface area contributed by atoms with E-state index in [4.69, 9.17) is 28.4 Å². The van der Waals surface area contributed by atoms with Crippen LogP contribution in [0.15, 0.2) is 0 Å². The minimum atomic E-state index is -0.120. The summed E-state index contributed by atoms with van der Waals surface area (Å²) >= 11 is 0. The minimum Gasteiger partial charge on any atom is -0.463 e. The van der Waals surface area contributed by atoms with Crippen LogP contribution in [0.3, 0.4) is 0 Å². The summed E-state index contributed by atoms with van der Waals surface area (Å²) in [4.78, 5) is 11.8. The largest absolute Gasteiger partial charge is 0.463 e. The van der Waals surface area contributed by atoms with Crippen molar-refractivity contribution in [1.82, 2.24) is 5.32 Å². The number of carbonyl (C=O) groups is 1. The second kappa shape index (κ2) is 33.3. The summed E-state index contributed by atoms with van der Waals surface area (Å²) in [6.07, 6.45) is 17.5. The monoisotopic (exact) mass is 533 g/mol. The normalized spacial score (nSPS) is 11.3. The van der Waals surface area contributed by atoms with Crippen molar-refractivity contribution in [2.45, 2.75) is 96.8 Å². The molecule has 0 aromatic heterocycles. The molecule has 0 aromatic rings. The van der Waals surface area contributed by atoms with Crippen LogP contribution in [0.2, 0.25) is 0 Å². The van der Waals surface area contributed by atoms with Gasteiger partial charge in [0.05, 0.1) is 66.1 Å². The Balaban J connectivity index is 3.13. The molecule has 0 aromatic carbocycles. The molecule has 0 saturated carbocycles. The number of unbranched alkanes of at least 4 members (excludes halogenated alkanes) is 12. The van der Waals surface area contributed by atoms with Gasteiger partial charge in [0.1, 0.15) is 6.61 Å². The van der Waals surface area contributed by atoms with E-state index >= 15 is 0 Å². The quantitative estimate of drug-likeness (QED) is 0.0920. The van der Waals surface area contributed by atoms with Crippen LogP contribution in [-0.2, 0) is 33.2 Å². The van der Waals surface area contributed by atoms with Gasteiger partial charge >= 0.3 is 5.97 Å². The Hall–Kier alpha value is -0.770. The number of carbonyl (C=O) groups excluding carboxylic acids is 1. The maximum atomic E-state index is 11.8. The molecule has 0 aliphatic heterocycles. The Kier molecular flexibility index (Phi) is 32.6. The number of likely N-dealkylation sites (N-methyl/N-ethyl adjacent to an activating group) is 1. The first kappa shape index (κ1) is 36.2. The van der Waals surface area contributed by atoms with E-state index in [-0.39, 0.29) is 5.97 Å². The molecule has 0 atom stereocenters. The van der Waals surface area contributed by atoms with Gasteiger partial charge in [-0.2, -0.15) is 0 Å². The number of rotatable bonds is 32. The third-order valence-corrected chi connectivity index (χ3v) is 5.96. The molecule has 37 heavy (non-hydrogen) atoms.